The van der Waals surface area contributed by atoms with Crippen LogP contribution in [0.1, 0.15) is 23.2 Å². The number of hydrogen-bond donors (Lipinski definition) is 3. The van der Waals surface area contributed by atoms with Crippen LogP contribution in [-0.4, -0.2) is 90.8 Å². The van der Waals surface area contributed by atoms with Gasteiger partial charge < -0.3 is 26.0 Å². The van der Waals surface area contributed by atoms with Crippen LogP contribution in [0.4, 0.5) is 31.8 Å². The van der Waals surface area contributed by atoms with Crippen LogP contribution in [0.3, 0.4) is 0 Å². The maximum absolute atomic E-state index is 15.0. The van der Waals surface area contributed by atoms with Crippen molar-refractivity contribution in [3.8, 4) is 0 Å². The molecule has 15 heteroatoms. The van der Waals surface area contributed by atoms with E-state index >= 15 is 0 Å². The molecule has 0 saturated carbocycles. The van der Waals surface area contributed by atoms with Crippen LogP contribution in [0.2, 0.25) is 0 Å². The number of halogens is 2. The SMILES string of the molecule is Nc1nn2c(c1C(=O)Nc1cncc(F)c1N1CCC(S(=O)(=O)N3CCOCC3)CC1)NCC(F)C2. The monoisotopic (exact) mass is 526 g/mol. The number of amides is 1. The molecular weight excluding hydrogens is 498 g/mol. The van der Waals surface area contributed by atoms with Crippen LogP contribution in [0.5, 0.6) is 0 Å². The highest BCUT2D eigenvalue weighted by molar-refractivity contribution is 7.89. The Morgan fingerprint density at radius 1 is 1.19 bits per heavy atom. The summed E-state index contributed by atoms with van der Waals surface area (Å²) in [5.74, 6) is -1.08. The number of nitrogen functional groups attached to an aromatic ring is 1. The number of carbonyl (C=O) groups excluding carboxylic acids is 1. The average Bonchev–Trinajstić information content (AvgIpc) is 3.19. The first kappa shape index (κ1) is 24.6. The fourth-order valence-corrected chi connectivity index (χ4v) is 6.78. The lowest BCUT2D eigenvalue weighted by Gasteiger charge is -2.37. The zero-order valence-electron chi connectivity index (χ0n) is 19.5. The molecule has 1 amide bonds. The Labute approximate surface area is 206 Å². The van der Waals surface area contributed by atoms with Gasteiger partial charge in [-0.2, -0.15) is 9.40 Å². The van der Waals surface area contributed by atoms with Crippen molar-refractivity contribution in [1.82, 2.24) is 19.1 Å². The fourth-order valence-electron chi connectivity index (χ4n) is 4.89. The number of carbonyl (C=O) groups is 1. The molecule has 12 nitrogen and oxygen atoms in total. The van der Waals surface area contributed by atoms with Gasteiger partial charge in [0.15, 0.2) is 11.6 Å². The fraction of sp³-hybridized carbons (Fsp3) is 0.571. The second-order valence-corrected chi connectivity index (χ2v) is 11.2. The summed E-state index contributed by atoms with van der Waals surface area (Å²) in [6.45, 7) is 1.96. The Hall–Kier alpha value is -3.04. The van der Waals surface area contributed by atoms with Crippen molar-refractivity contribution in [2.75, 3.05) is 67.2 Å². The number of anilines is 4. The quantitative estimate of drug-likeness (QED) is 0.511. The summed E-state index contributed by atoms with van der Waals surface area (Å²) in [5, 5.41) is 8.93. The maximum Gasteiger partial charge on any atom is 0.263 e. The van der Waals surface area contributed by atoms with Gasteiger partial charge in [-0.1, -0.05) is 0 Å². The first-order valence-corrected chi connectivity index (χ1v) is 13.3. The number of rotatable bonds is 5. The highest BCUT2D eigenvalue weighted by atomic mass is 32.2. The predicted molar refractivity (Wildman–Crippen MR) is 129 cm³/mol. The Morgan fingerprint density at radius 3 is 2.64 bits per heavy atom. The van der Waals surface area contributed by atoms with E-state index in [2.05, 4.69) is 20.7 Å². The van der Waals surface area contributed by atoms with E-state index in [0.717, 1.165) is 6.20 Å². The van der Waals surface area contributed by atoms with E-state index in [9.17, 15) is 22.0 Å². The topological polar surface area (TPSA) is 148 Å². The molecule has 4 N–H and O–H groups in total. The number of alkyl halides is 1. The van der Waals surface area contributed by atoms with Crippen LogP contribution in [0.15, 0.2) is 12.4 Å². The molecule has 2 saturated heterocycles. The minimum atomic E-state index is -3.48. The van der Waals surface area contributed by atoms with Gasteiger partial charge in [0.25, 0.3) is 5.91 Å². The number of nitrogens with one attached hydrogen (secondary N) is 2. The van der Waals surface area contributed by atoms with Gasteiger partial charge >= 0.3 is 0 Å². The molecule has 0 bridgehead atoms. The van der Waals surface area contributed by atoms with E-state index in [1.165, 1.54) is 15.2 Å². The molecule has 0 radical (unpaired) electrons. The summed E-state index contributed by atoms with van der Waals surface area (Å²) < 4.78 is 62.7. The van der Waals surface area contributed by atoms with E-state index in [0.29, 0.717) is 45.0 Å². The highest BCUT2D eigenvalue weighted by Crippen LogP contribution is 2.34. The van der Waals surface area contributed by atoms with Gasteiger partial charge in [-0.25, -0.2) is 21.9 Å². The van der Waals surface area contributed by atoms with E-state index in [1.807, 2.05) is 0 Å². The van der Waals surface area contributed by atoms with Crippen molar-refractivity contribution >= 4 is 38.9 Å². The Morgan fingerprint density at radius 2 is 1.92 bits per heavy atom. The van der Waals surface area contributed by atoms with E-state index < -0.39 is 33.2 Å². The van der Waals surface area contributed by atoms with Crippen LogP contribution >= 0.6 is 0 Å². The third kappa shape index (κ3) is 4.57. The van der Waals surface area contributed by atoms with Crippen molar-refractivity contribution in [3.05, 3.63) is 23.8 Å². The van der Waals surface area contributed by atoms with Gasteiger partial charge in [-0.3, -0.25) is 9.78 Å². The number of sulfonamides is 1. The molecule has 2 fully saturated rings. The summed E-state index contributed by atoms with van der Waals surface area (Å²) >= 11 is 0. The number of fused-ring (bicyclic) bond motifs is 1. The summed E-state index contributed by atoms with van der Waals surface area (Å²) in [6.07, 6.45) is 1.83. The van der Waals surface area contributed by atoms with E-state index in [1.54, 1.807) is 4.90 Å². The van der Waals surface area contributed by atoms with Crippen LogP contribution < -0.4 is 21.3 Å². The third-order valence-electron chi connectivity index (χ3n) is 6.70. The summed E-state index contributed by atoms with van der Waals surface area (Å²) in [7, 11) is -3.48. The second-order valence-electron chi connectivity index (χ2n) is 8.98. The molecule has 2 aromatic rings. The van der Waals surface area contributed by atoms with Crippen molar-refractivity contribution in [2.24, 2.45) is 0 Å². The first-order chi connectivity index (χ1) is 17.3. The largest absolute Gasteiger partial charge is 0.381 e. The van der Waals surface area contributed by atoms with Gasteiger partial charge in [0, 0.05) is 32.7 Å². The molecule has 0 aromatic carbocycles. The smallest absolute Gasteiger partial charge is 0.263 e. The minimum absolute atomic E-state index is 0.0144. The molecule has 3 aliphatic rings. The lowest BCUT2D eigenvalue weighted by Crippen LogP contribution is -2.49. The summed E-state index contributed by atoms with van der Waals surface area (Å²) in [6, 6.07) is 0. The highest BCUT2D eigenvalue weighted by Gasteiger charge is 2.36. The van der Waals surface area contributed by atoms with E-state index in [-0.39, 0.29) is 48.9 Å². The van der Waals surface area contributed by atoms with Crippen molar-refractivity contribution in [2.45, 2.75) is 30.8 Å². The Kier molecular flexibility index (Phi) is 6.70. The van der Waals surface area contributed by atoms with Gasteiger partial charge in [0.2, 0.25) is 10.0 Å². The summed E-state index contributed by atoms with van der Waals surface area (Å²) in [5.41, 5.74) is 6.20. The molecule has 0 spiro atoms. The van der Waals surface area contributed by atoms with Crippen molar-refractivity contribution in [3.63, 3.8) is 0 Å². The second kappa shape index (κ2) is 9.78. The third-order valence-corrected chi connectivity index (χ3v) is 9.10. The summed E-state index contributed by atoms with van der Waals surface area (Å²) in [4.78, 5) is 18.7. The molecule has 36 heavy (non-hydrogen) atoms. The molecule has 1 unspecified atom stereocenters. The van der Waals surface area contributed by atoms with Crippen molar-refractivity contribution in [1.29, 1.82) is 0 Å². The molecule has 1 atom stereocenters. The number of ether oxygens (including phenoxy) is 1. The predicted octanol–water partition coefficient (Wildman–Crippen LogP) is 0.646. The molecule has 196 valence electrons. The number of hydrogen-bond acceptors (Lipinski definition) is 9. The molecule has 0 aliphatic carbocycles. The van der Waals surface area contributed by atoms with Crippen LogP contribution in [0, 0.1) is 5.82 Å². The Balaban J connectivity index is 1.32. The molecule has 3 aliphatic heterocycles. The van der Waals surface area contributed by atoms with Gasteiger partial charge in [0.05, 0.1) is 43.1 Å². The normalized spacial score (nSPS) is 21.6. The lowest BCUT2D eigenvalue weighted by atomic mass is 10.1. The average molecular weight is 527 g/mol. The molecule has 5 rings (SSSR count). The van der Waals surface area contributed by atoms with Gasteiger partial charge in [-0.15, -0.1) is 0 Å². The number of pyridine rings is 1. The number of morpholine rings is 1. The minimum Gasteiger partial charge on any atom is -0.381 e. The number of nitrogens with two attached hydrogens (primary N) is 1. The lowest BCUT2D eigenvalue weighted by molar-refractivity contribution is 0.0724. The van der Waals surface area contributed by atoms with E-state index in [4.69, 9.17) is 10.5 Å². The maximum atomic E-state index is 15.0. The van der Waals surface area contributed by atoms with Crippen molar-refractivity contribution < 1.29 is 26.7 Å². The van der Waals surface area contributed by atoms with Crippen LogP contribution in [-0.2, 0) is 21.3 Å². The zero-order chi connectivity index (χ0) is 25.4. The standard InChI is InChI=1S/C21H28F2N8O4S/c22-13-9-26-20-17(19(24)28-31(20)12-13)21(32)27-16-11-25-10-15(23)18(16)29-3-1-14(2-4-29)36(33,34)30-5-7-35-8-6-30/h10-11,13-14,26H,1-9,12H2,(H2,24,28)(H,27,32). The number of aromatic nitrogens is 3. The molecule has 5 heterocycles. The van der Waals surface area contributed by atoms with Gasteiger partial charge in [-0.05, 0) is 12.8 Å². The number of nitrogens with zero attached hydrogens (tertiary/aromatic N) is 5. The Bertz CT molecular complexity index is 1240. The number of piperidine rings is 1. The van der Waals surface area contributed by atoms with Gasteiger partial charge in [0.1, 0.15) is 23.2 Å². The zero-order valence-corrected chi connectivity index (χ0v) is 20.3. The molecule has 2 aromatic heterocycles. The van der Waals surface area contributed by atoms with Crippen LogP contribution in [0.25, 0.3) is 0 Å². The first-order valence-electron chi connectivity index (χ1n) is 11.8. The molecular formula is C21H28F2N8O4S.